The van der Waals surface area contributed by atoms with Gasteiger partial charge in [0.2, 0.25) is 5.55 Å². The predicted octanol–water partition coefficient (Wildman–Crippen LogP) is 6.97. The van der Waals surface area contributed by atoms with E-state index in [1.54, 1.807) is 0 Å². The lowest BCUT2D eigenvalue weighted by Crippen LogP contribution is -2.21. The molecule has 0 saturated heterocycles. The topological polar surface area (TPSA) is 67.5 Å². The normalized spacial score (nSPS) is 11.7. The number of benzene rings is 3. The highest BCUT2D eigenvalue weighted by molar-refractivity contribution is 7.14. The molecule has 34 heavy (non-hydrogen) atoms. The summed E-state index contributed by atoms with van der Waals surface area (Å²) >= 11 is 1.39. The first kappa shape index (κ1) is 21.8. The maximum atomic E-state index is 13.3. The maximum absolute atomic E-state index is 13.3. The molecule has 0 aliphatic heterocycles. The second-order valence-electron chi connectivity index (χ2n) is 8.19. The Morgan fingerprint density at radius 3 is 2.53 bits per heavy atom. The van der Waals surface area contributed by atoms with E-state index >= 15 is 0 Å². The van der Waals surface area contributed by atoms with Crippen molar-refractivity contribution in [2.75, 3.05) is 5.32 Å². The average Bonchev–Trinajstić information content (AvgIpc) is 3.30. The molecule has 0 bridgehead atoms. The van der Waals surface area contributed by atoms with Crippen molar-refractivity contribution in [3.8, 4) is 11.3 Å². The first-order chi connectivity index (χ1) is 16.5. The number of aromatic nitrogens is 1. The van der Waals surface area contributed by atoms with Gasteiger partial charge in [-0.15, -0.1) is 11.3 Å². The minimum absolute atomic E-state index is 0.261. The number of nitrogens with one attached hydrogen (secondary N) is 1. The molecule has 0 fully saturated rings. The zero-order valence-corrected chi connectivity index (χ0v) is 19.9. The van der Waals surface area contributed by atoms with Crippen molar-refractivity contribution in [3.05, 3.63) is 106 Å². The second-order valence-corrected chi connectivity index (χ2v) is 9.05. The number of carbonyl (C=O) groups is 1. The van der Waals surface area contributed by atoms with E-state index in [1.807, 2.05) is 73.0 Å². The molecule has 5 aromatic rings. The molecule has 1 amide bonds. The average molecular weight is 466 g/mol. The first-order valence-corrected chi connectivity index (χ1v) is 11.8. The van der Waals surface area contributed by atoms with E-state index in [-0.39, 0.29) is 11.5 Å². The van der Waals surface area contributed by atoms with Crippen LogP contribution in [0, 0.1) is 20.8 Å². The molecule has 2 heterocycles. The molecule has 0 unspecified atom stereocenters. The number of hydrogen-bond acceptors (Lipinski definition) is 5. The van der Waals surface area contributed by atoms with Crippen LogP contribution in [0.3, 0.4) is 0 Å². The number of fused-ring (bicyclic) bond motifs is 1. The third kappa shape index (κ3) is 4.40. The van der Waals surface area contributed by atoms with E-state index in [1.165, 1.54) is 22.5 Å². The Morgan fingerprint density at radius 1 is 0.912 bits per heavy atom. The van der Waals surface area contributed by atoms with Gasteiger partial charge < -0.3 is 4.42 Å². The SMILES string of the molecule is Cc1ccc(-c2csc(NC(=O)c3cc4ccccc4oc3=Nc3ccccc3C)n2)cc1C. The molecule has 0 saturated carbocycles. The fraction of sp³-hybridized carbons (Fsp3) is 0.107. The molecular formula is C28H23N3O2S. The van der Waals surface area contributed by atoms with Crippen LogP contribution >= 0.6 is 11.3 Å². The highest BCUT2D eigenvalue weighted by Crippen LogP contribution is 2.27. The fourth-order valence-electron chi connectivity index (χ4n) is 3.64. The summed E-state index contributed by atoms with van der Waals surface area (Å²) in [5.41, 5.74) is 7.32. The van der Waals surface area contributed by atoms with Gasteiger partial charge in [-0.2, -0.15) is 0 Å². The van der Waals surface area contributed by atoms with Gasteiger partial charge in [0.25, 0.3) is 5.91 Å². The van der Waals surface area contributed by atoms with Gasteiger partial charge in [0.15, 0.2) is 5.13 Å². The third-order valence-corrected chi connectivity index (χ3v) is 6.52. The van der Waals surface area contributed by atoms with Crippen molar-refractivity contribution in [2.24, 2.45) is 4.99 Å². The zero-order valence-electron chi connectivity index (χ0n) is 19.1. The molecule has 0 aliphatic rings. The van der Waals surface area contributed by atoms with Crippen LogP contribution in [-0.2, 0) is 0 Å². The van der Waals surface area contributed by atoms with Gasteiger partial charge >= 0.3 is 0 Å². The Morgan fingerprint density at radius 2 is 1.71 bits per heavy atom. The molecule has 3 aromatic carbocycles. The molecule has 0 radical (unpaired) electrons. The number of nitrogens with zero attached hydrogens (tertiary/aromatic N) is 2. The summed E-state index contributed by atoms with van der Waals surface area (Å²) in [5.74, 6) is -0.317. The monoisotopic (exact) mass is 465 g/mol. The number of para-hydroxylation sites is 2. The van der Waals surface area contributed by atoms with Crippen molar-refractivity contribution in [2.45, 2.75) is 20.8 Å². The summed E-state index contributed by atoms with van der Waals surface area (Å²) in [6.45, 7) is 6.14. The van der Waals surface area contributed by atoms with Crippen molar-refractivity contribution in [1.29, 1.82) is 0 Å². The summed E-state index contributed by atoms with van der Waals surface area (Å²) in [6.07, 6.45) is 0. The summed E-state index contributed by atoms with van der Waals surface area (Å²) in [4.78, 5) is 22.6. The molecule has 6 heteroatoms. The number of rotatable bonds is 4. The van der Waals surface area contributed by atoms with Crippen LogP contribution in [-0.4, -0.2) is 10.9 Å². The van der Waals surface area contributed by atoms with Gasteiger partial charge in [-0.25, -0.2) is 9.98 Å². The largest absolute Gasteiger partial charge is 0.438 e. The Balaban J connectivity index is 1.53. The molecule has 0 aliphatic carbocycles. The van der Waals surface area contributed by atoms with Crippen molar-refractivity contribution in [1.82, 2.24) is 4.98 Å². The molecule has 2 aromatic heterocycles. The van der Waals surface area contributed by atoms with E-state index in [9.17, 15) is 4.79 Å². The number of aryl methyl sites for hydroxylation is 3. The van der Waals surface area contributed by atoms with E-state index in [0.717, 1.165) is 27.9 Å². The second kappa shape index (κ2) is 9.08. The van der Waals surface area contributed by atoms with Crippen LogP contribution < -0.4 is 10.9 Å². The highest BCUT2D eigenvalue weighted by atomic mass is 32.1. The molecular weight excluding hydrogens is 442 g/mol. The van der Waals surface area contributed by atoms with Gasteiger partial charge in [0, 0.05) is 16.3 Å². The third-order valence-electron chi connectivity index (χ3n) is 5.77. The number of hydrogen-bond donors (Lipinski definition) is 1. The van der Waals surface area contributed by atoms with E-state index in [0.29, 0.717) is 16.3 Å². The van der Waals surface area contributed by atoms with E-state index in [4.69, 9.17) is 4.42 Å². The predicted molar refractivity (Wildman–Crippen MR) is 138 cm³/mol. The number of anilines is 1. The molecule has 0 spiro atoms. The van der Waals surface area contributed by atoms with Gasteiger partial charge in [-0.3, -0.25) is 10.1 Å². The van der Waals surface area contributed by atoms with Gasteiger partial charge in [-0.05, 0) is 61.7 Å². The Labute approximate surface area is 201 Å². The summed E-state index contributed by atoms with van der Waals surface area (Å²) in [6, 6.07) is 23.4. The highest BCUT2D eigenvalue weighted by Gasteiger charge is 2.15. The van der Waals surface area contributed by atoms with Crippen LogP contribution in [0.15, 0.2) is 87.6 Å². The molecule has 168 valence electrons. The van der Waals surface area contributed by atoms with Gasteiger partial charge in [0.05, 0.1) is 11.4 Å². The summed E-state index contributed by atoms with van der Waals surface area (Å²) in [5, 5.41) is 6.22. The maximum Gasteiger partial charge on any atom is 0.262 e. The smallest absolute Gasteiger partial charge is 0.262 e. The van der Waals surface area contributed by atoms with Gasteiger partial charge in [0.1, 0.15) is 11.1 Å². The quantitative estimate of drug-likeness (QED) is 0.312. The van der Waals surface area contributed by atoms with E-state index in [2.05, 4.69) is 41.3 Å². The lowest BCUT2D eigenvalue weighted by molar-refractivity contribution is 0.102. The zero-order chi connectivity index (χ0) is 23.7. The summed E-state index contributed by atoms with van der Waals surface area (Å²) in [7, 11) is 0. The molecule has 1 N–H and O–H groups in total. The first-order valence-electron chi connectivity index (χ1n) is 11.0. The van der Waals surface area contributed by atoms with Crippen LogP contribution in [0.1, 0.15) is 27.0 Å². The minimum atomic E-state index is -0.317. The number of thiazole rings is 1. The minimum Gasteiger partial charge on any atom is -0.438 e. The van der Waals surface area contributed by atoms with E-state index < -0.39 is 0 Å². The Bertz CT molecular complexity index is 1600. The number of amides is 1. The lowest BCUT2D eigenvalue weighted by atomic mass is 10.1. The van der Waals surface area contributed by atoms with Crippen molar-refractivity contribution in [3.63, 3.8) is 0 Å². The molecule has 5 rings (SSSR count). The van der Waals surface area contributed by atoms with Crippen LogP contribution in [0.2, 0.25) is 0 Å². The van der Waals surface area contributed by atoms with Crippen molar-refractivity contribution >= 4 is 39.0 Å². The standard InChI is InChI=1S/C28H23N3O2S/c1-17-12-13-20(14-19(17)3)24-16-34-28(30-24)31-26(32)22-15-21-9-5-7-11-25(21)33-27(22)29-23-10-6-4-8-18(23)2/h4-16H,1-3H3,(H,30,31,32). The Kier molecular flexibility index (Phi) is 5.82. The summed E-state index contributed by atoms with van der Waals surface area (Å²) < 4.78 is 6.07. The lowest BCUT2D eigenvalue weighted by Gasteiger charge is -2.06. The Hall–Kier alpha value is -4.03. The fourth-order valence-corrected chi connectivity index (χ4v) is 4.36. The molecule has 0 atom stereocenters. The van der Waals surface area contributed by atoms with Crippen LogP contribution in [0.5, 0.6) is 0 Å². The van der Waals surface area contributed by atoms with Gasteiger partial charge in [-0.1, -0.05) is 48.5 Å². The molecule has 5 nitrogen and oxygen atoms in total. The van der Waals surface area contributed by atoms with Crippen LogP contribution in [0.4, 0.5) is 10.8 Å². The number of carbonyl (C=O) groups excluding carboxylic acids is 1. The van der Waals surface area contributed by atoms with Crippen molar-refractivity contribution < 1.29 is 9.21 Å². The van der Waals surface area contributed by atoms with Crippen LogP contribution in [0.25, 0.3) is 22.2 Å².